The van der Waals surface area contributed by atoms with E-state index in [0.717, 1.165) is 40.9 Å². The van der Waals surface area contributed by atoms with Crippen LogP contribution in [0.3, 0.4) is 0 Å². The zero-order valence-electron chi connectivity index (χ0n) is 16.5. The molecule has 1 heterocycles. The fourth-order valence-electron chi connectivity index (χ4n) is 2.54. The van der Waals surface area contributed by atoms with Gasteiger partial charge in [-0.15, -0.1) is 0 Å². The van der Waals surface area contributed by atoms with Crippen molar-refractivity contribution in [2.75, 3.05) is 11.9 Å². The minimum Gasteiger partial charge on any atom is -0.494 e. The van der Waals surface area contributed by atoms with Crippen molar-refractivity contribution in [2.24, 2.45) is 0 Å². The summed E-state index contributed by atoms with van der Waals surface area (Å²) in [4.78, 5) is 25.4. The lowest BCUT2D eigenvalue weighted by atomic mass is 10.2. The van der Waals surface area contributed by atoms with Crippen molar-refractivity contribution in [2.45, 2.75) is 19.8 Å². The summed E-state index contributed by atoms with van der Waals surface area (Å²) in [7, 11) is 0. The molecule has 1 fully saturated rings. The molecule has 1 aliphatic heterocycles. The van der Waals surface area contributed by atoms with Gasteiger partial charge in [0.1, 0.15) is 5.75 Å². The molecule has 6 nitrogen and oxygen atoms in total. The molecule has 0 atom stereocenters. The van der Waals surface area contributed by atoms with Gasteiger partial charge in [-0.3, -0.25) is 4.79 Å². The molecule has 3 amide bonds. The topological polar surface area (TPSA) is 70.7 Å². The number of unbranched alkanes of at least 4 members (excludes halogenated alkanes) is 1. The summed E-state index contributed by atoms with van der Waals surface area (Å²) in [5.41, 5.74) is 3.70. The molecule has 0 aromatic heterocycles. The Morgan fingerprint density at radius 2 is 1.94 bits per heavy atom. The number of thioether (sulfide) groups is 1. The highest BCUT2D eigenvalue weighted by Crippen LogP contribution is 2.32. The lowest BCUT2D eigenvalue weighted by molar-refractivity contribution is -0.123. The predicted octanol–water partition coefficient (Wildman–Crippen LogP) is 6.11. The van der Waals surface area contributed by atoms with E-state index < -0.39 is 11.9 Å². The molecule has 2 aromatic carbocycles. The van der Waals surface area contributed by atoms with Gasteiger partial charge in [-0.25, -0.2) is 10.2 Å². The van der Waals surface area contributed by atoms with Gasteiger partial charge in [-0.1, -0.05) is 60.4 Å². The summed E-state index contributed by atoms with van der Waals surface area (Å²) in [6.07, 6.45) is 3.78. The third kappa shape index (κ3) is 6.36. The van der Waals surface area contributed by atoms with E-state index in [1.54, 1.807) is 18.2 Å². The molecule has 162 valence electrons. The van der Waals surface area contributed by atoms with E-state index in [4.69, 9.17) is 40.2 Å². The fraction of sp³-hybridized carbons (Fsp3) is 0.190. The Balaban J connectivity index is 1.62. The molecular weight excluding hydrogens is 477 g/mol. The molecule has 0 aliphatic carbocycles. The summed E-state index contributed by atoms with van der Waals surface area (Å²) >= 11 is 18.2. The Morgan fingerprint density at radius 3 is 2.61 bits per heavy atom. The summed E-state index contributed by atoms with van der Waals surface area (Å²) in [6.45, 7) is 2.78. The molecule has 0 saturated carbocycles. The second-order valence-corrected chi connectivity index (χ2v) is 8.97. The monoisotopic (exact) mass is 495 g/mol. The zero-order chi connectivity index (χ0) is 22.4. The first-order chi connectivity index (χ1) is 14.9. The van der Waals surface area contributed by atoms with Gasteiger partial charge in [0.15, 0.2) is 4.32 Å². The molecule has 0 spiro atoms. The number of nitrogens with zero attached hydrogens (tertiary/aromatic N) is 1. The van der Waals surface area contributed by atoms with E-state index in [2.05, 4.69) is 17.7 Å². The maximum atomic E-state index is 12.7. The minimum atomic E-state index is -0.635. The van der Waals surface area contributed by atoms with Gasteiger partial charge in [0, 0.05) is 5.69 Å². The maximum Gasteiger partial charge on any atom is 0.338 e. The highest BCUT2D eigenvalue weighted by Gasteiger charge is 2.33. The van der Waals surface area contributed by atoms with Gasteiger partial charge < -0.3 is 10.1 Å². The van der Waals surface area contributed by atoms with Crippen LogP contribution in [0.15, 0.2) is 47.4 Å². The first-order valence-electron chi connectivity index (χ1n) is 9.41. The molecule has 0 bridgehead atoms. The summed E-state index contributed by atoms with van der Waals surface area (Å²) in [5, 5.41) is 4.28. The highest BCUT2D eigenvalue weighted by molar-refractivity contribution is 8.26. The smallest absolute Gasteiger partial charge is 0.338 e. The number of amides is 3. The largest absolute Gasteiger partial charge is 0.494 e. The third-order valence-electron chi connectivity index (χ3n) is 4.13. The second kappa shape index (κ2) is 10.9. The number of thiocarbonyl (C=S) groups is 1. The SMILES string of the molecule is CCCCOc1ccc(/C=C2\SC(=S)N(NC(=O)Nc3ccc(Cl)c(Cl)c3)C2=O)cc1. The minimum absolute atomic E-state index is 0.222. The number of hydrogen-bond donors (Lipinski definition) is 2. The van der Waals surface area contributed by atoms with Crippen LogP contribution >= 0.6 is 47.2 Å². The number of carbonyl (C=O) groups excluding carboxylic acids is 2. The number of nitrogens with one attached hydrogen (secondary N) is 2. The Kier molecular flexibility index (Phi) is 8.20. The molecule has 31 heavy (non-hydrogen) atoms. The molecule has 0 unspecified atom stereocenters. The van der Waals surface area contributed by atoms with Crippen LogP contribution in [0.25, 0.3) is 6.08 Å². The lowest BCUT2D eigenvalue weighted by Crippen LogP contribution is -2.46. The van der Waals surface area contributed by atoms with E-state index in [1.807, 2.05) is 24.3 Å². The van der Waals surface area contributed by atoms with Crippen LogP contribution in [-0.2, 0) is 4.79 Å². The van der Waals surface area contributed by atoms with Crippen molar-refractivity contribution in [3.8, 4) is 5.75 Å². The molecule has 10 heteroatoms. The average Bonchev–Trinajstić information content (AvgIpc) is 2.99. The van der Waals surface area contributed by atoms with Crippen LogP contribution in [0.2, 0.25) is 10.0 Å². The number of urea groups is 1. The second-order valence-electron chi connectivity index (χ2n) is 6.48. The first kappa shape index (κ1) is 23.4. The maximum absolute atomic E-state index is 12.7. The summed E-state index contributed by atoms with van der Waals surface area (Å²) in [5.74, 6) is 0.362. The van der Waals surface area contributed by atoms with Gasteiger partial charge in [-0.05, 0) is 60.6 Å². The molecule has 3 rings (SSSR count). The van der Waals surface area contributed by atoms with Gasteiger partial charge >= 0.3 is 6.03 Å². The Hall–Kier alpha value is -2.26. The average molecular weight is 496 g/mol. The number of halogens is 2. The lowest BCUT2D eigenvalue weighted by Gasteiger charge is -2.16. The van der Waals surface area contributed by atoms with E-state index in [-0.39, 0.29) is 4.32 Å². The van der Waals surface area contributed by atoms with Gasteiger partial charge in [0.2, 0.25) is 0 Å². The number of rotatable bonds is 7. The van der Waals surface area contributed by atoms with E-state index in [1.165, 1.54) is 6.07 Å². The van der Waals surface area contributed by atoms with Crippen molar-refractivity contribution < 1.29 is 14.3 Å². The fourth-order valence-corrected chi connectivity index (χ4v) is 4.02. The van der Waals surface area contributed by atoms with Gasteiger partial charge in [0.05, 0.1) is 21.6 Å². The summed E-state index contributed by atoms with van der Waals surface area (Å²) in [6, 6.07) is 11.4. The number of benzene rings is 2. The van der Waals surface area contributed by atoms with Crippen LogP contribution in [0.1, 0.15) is 25.3 Å². The van der Waals surface area contributed by atoms with Crippen LogP contribution in [-0.4, -0.2) is 27.9 Å². The number of anilines is 1. The van der Waals surface area contributed by atoms with Crippen molar-refractivity contribution in [3.05, 3.63) is 63.0 Å². The quantitative estimate of drug-likeness (QED) is 0.275. The Morgan fingerprint density at radius 1 is 1.19 bits per heavy atom. The number of carbonyl (C=O) groups is 2. The number of hydrogen-bond acceptors (Lipinski definition) is 5. The third-order valence-corrected chi connectivity index (χ3v) is 6.17. The molecule has 2 aromatic rings. The van der Waals surface area contributed by atoms with Crippen molar-refractivity contribution in [1.29, 1.82) is 0 Å². The van der Waals surface area contributed by atoms with Crippen molar-refractivity contribution >= 4 is 75.2 Å². The Bertz CT molecular complexity index is 1030. The Labute approximate surface area is 199 Å². The van der Waals surface area contributed by atoms with Crippen LogP contribution in [0.4, 0.5) is 10.5 Å². The van der Waals surface area contributed by atoms with Gasteiger partial charge in [0.25, 0.3) is 5.91 Å². The molecular formula is C21H19Cl2N3O3S2. The number of hydrazine groups is 1. The number of ether oxygens (including phenoxy) is 1. The highest BCUT2D eigenvalue weighted by atomic mass is 35.5. The predicted molar refractivity (Wildman–Crippen MR) is 130 cm³/mol. The first-order valence-corrected chi connectivity index (χ1v) is 11.4. The standard InChI is InChI=1S/C21H19Cl2N3O3S2/c1-2-3-10-29-15-7-4-13(5-8-15)11-18-19(27)26(21(30)31-18)25-20(28)24-14-6-9-16(22)17(23)12-14/h4-9,11-12H,2-3,10H2,1H3,(H2,24,25,28)/b18-11-. The molecule has 1 saturated heterocycles. The van der Waals surface area contributed by atoms with Crippen molar-refractivity contribution in [3.63, 3.8) is 0 Å². The molecule has 0 radical (unpaired) electrons. The van der Waals surface area contributed by atoms with E-state index in [0.29, 0.717) is 27.2 Å². The molecule has 2 N–H and O–H groups in total. The zero-order valence-corrected chi connectivity index (χ0v) is 19.6. The van der Waals surface area contributed by atoms with E-state index in [9.17, 15) is 9.59 Å². The van der Waals surface area contributed by atoms with Crippen LogP contribution in [0, 0.1) is 0 Å². The normalized spacial score (nSPS) is 14.8. The summed E-state index contributed by atoms with van der Waals surface area (Å²) < 4.78 is 5.86. The van der Waals surface area contributed by atoms with E-state index >= 15 is 0 Å². The molecule has 1 aliphatic rings. The van der Waals surface area contributed by atoms with Crippen LogP contribution in [0.5, 0.6) is 5.75 Å². The van der Waals surface area contributed by atoms with Crippen LogP contribution < -0.4 is 15.5 Å². The van der Waals surface area contributed by atoms with Crippen molar-refractivity contribution in [1.82, 2.24) is 10.4 Å². The van der Waals surface area contributed by atoms with Gasteiger partial charge in [-0.2, -0.15) is 5.01 Å².